The summed E-state index contributed by atoms with van der Waals surface area (Å²) in [5.74, 6) is -0.170. The van der Waals surface area contributed by atoms with Gasteiger partial charge in [0.05, 0.1) is 12.5 Å². The molecule has 0 amide bonds. The molecule has 1 saturated heterocycles. The third-order valence-corrected chi connectivity index (χ3v) is 3.59. The van der Waals surface area contributed by atoms with E-state index in [1.54, 1.807) is 0 Å². The largest absolute Gasteiger partial charge is 0.452 e. The highest BCUT2D eigenvalue weighted by Gasteiger charge is 2.52. The van der Waals surface area contributed by atoms with Crippen LogP contribution < -0.4 is 0 Å². The molecule has 0 saturated carbocycles. The van der Waals surface area contributed by atoms with Crippen molar-refractivity contribution in [3.05, 3.63) is 35.4 Å². The monoisotopic (exact) mass is 218 g/mol. The Morgan fingerprint density at radius 3 is 2.94 bits per heavy atom. The van der Waals surface area contributed by atoms with Gasteiger partial charge in [0, 0.05) is 5.56 Å². The summed E-state index contributed by atoms with van der Waals surface area (Å²) in [6.45, 7) is 3.95. The van der Waals surface area contributed by atoms with Crippen LogP contribution in [0.15, 0.2) is 24.3 Å². The third kappa shape index (κ3) is 1.15. The molecule has 0 N–H and O–H groups in total. The Balaban J connectivity index is 2.17. The van der Waals surface area contributed by atoms with Crippen LogP contribution in [0.3, 0.4) is 0 Å². The van der Waals surface area contributed by atoms with Crippen LogP contribution in [0.5, 0.6) is 0 Å². The predicted octanol–water partition coefficient (Wildman–Crippen LogP) is 2.31. The van der Waals surface area contributed by atoms with Gasteiger partial charge in [0.15, 0.2) is 5.60 Å². The second kappa shape index (κ2) is 3.08. The summed E-state index contributed by atoms with van der Waals surface area (Å²) < 4.78 is 11.3. The fourth-order valence-electron chi connectivity index (χ4n) is 2.72. The number of hydrogen-bond donors (Lipinski definition) is 0. The Hall–Kier alpha value is -1.35. The van der Waals surface area contributed by atoms with Crippen LogP contribution in [0.2, 0.25) is 0 Å². The van der Waals surface area contributed by atoms with Gasteiger partial charge < -0.3 is 9.47 Å². The van der Waals surface area contributed by atoms with Crippen molar-refractivity contribution in [2.24, 2.45) is 0 Å². The molecule has 0 radical (unpaired) electrons. The van der Waals surface area contributed by atoms with Gasteiger partial charge in [0.2, 0.25) is 0 Å². The lowest BCUT2D eigenvalue weighted by atomic mass is 9.83. The molecule has 1 aromatic carbocycles. The molecule has 2 aliphatic heterocycles. The molecule has 3 nitrogen and oxygen atoms in total. The number of hydrogen-bond acceptors (Lipinski definition) is 3. The zero-order valence-electron chi connectivity index (χ0n) is 9.40. The average molecular weight is 218 g/mol. The minimum atomic E-state index is -0.597. The van der Waals surface area contributed by atoms with E-state index in [9.17, 15) is 4.79 Å². The molecule has 3 heteroatoms. The van der Waals surface area contributed by atoms with Crippen LogP contribution in [-0.2, 0) is 19.9 Å². The SMILES string of the molecule is C[C@@H]1O[C@H]2CC(=O)O[C@@]2(C)c2ccccc21. The van der Waals surface area contributed by atoms with Crippen LogP contribution in [-0.4, -0.2) is 12.1 Å². The Labute approximate surface area is 94.4 Å². The van der Waals surface area contributed by atoms with Crippen LogP contribution in [0.1, 0.15) is 37.5 Å². The first-order valence-corrected chi connectivity index (χ1v) is 5.58. The smallest absolute Gasteiger partial charge is 0.309 e. The maximum Gasteiger partial charge on any atom is 0.309 e. The van der Waals surface area contributed by atoms with Crippen molar-refractivity contribution < 1.29 is 14.3 Å². The Morgan fingerprint density at radius 2 is 2.12 bits per heavy atom. The molecule has 2 heterocycles. The highest BCUT2D eigenvalue weighted by Crippen LogP contribution is 2.47. The molecule has 0 aliphatic carbocycles. The van der Waals surface area contributed by atoms with E-state index in [1.165, 1.54) is 0 Å². The Bertz CT molecular complexity index is 454. The lowest BCUT2D eigenvalue weighted by Crippen LogP contribution is -2.40. The summed E-state index contributed by atoms with van der Waals surface area (Å²) in [5.41, 5.74) is 1.61. The summed E-state index contributed by atoms with van der Waals surface area (Å²) in [6.07, 6.45) is 0.239. The normalized spacial score (nSPS) is 36.5. The fraction of sp³-hybridized carbons (Fsp3) is 0.462. The molecular weight excluding hydrogens is 204 g/mol. The predicted molar refractivity (Wildman–Crippen MR) is 57.8 cm³/mol. The van der Waals surface area contributed by atoms with E-state index in [0.717, 1.165) is 11.1 Å². The van der Waals surface area contributed by atoms with Crippen molar-refractivity contribution in [1.82, 2.24) is 0 Å². The molecule has 0 spiro atoms. The van der Waals surface area contributed by atoms with Crippen molar-refractivity contribution in [3.8, 4) is 0 Å². The van der Waals surface area contributed by atoms with Gasteiger partial charge in [-0.3, -0.25) is 4.79 Å². The summed E-state index contributed by atoms with van der Waals surface area (Å²) in [7, 11) is 0. The zero-order chi connectivity index (χ0) is 11.3. The van der Waals surface area contributed by atoms with Gasteiger partial charge in [0.1, 0.15) is 6.10 Å². The van der Waals surface area contributed by atoms with E-state index in [-0.39, 0.29) is 18.2 Å². The molecule has 0 bridgehead atoms. The van der Waals surface area contributed by atoms with E-state index in [0.29, 0.717) is 6.42 Å². The fourth-order valence-corrected chi connectivity index (χ4v) is 2.72. The first-order chi connectivity index (χ1) is 7.61. The Morgan fingerprint density at radius 1 is 1.38 bits per heavy atom. The summed E-state index contributed by atoms with van der Waals surface area (Å²) in [6, 6.07) is 8.03. The molecule has 1 fully saturated rings. The summed E-state index contributed by atoms with van der Waals surface area (Å²) in [4.78, 5) is 11.4. The highest BCUT2D eigenvalue weighted by molar-refractivity contribution is 5.74. The summed E-state index contributed by atoms with van der Waals surface area (Å²) in [5, 5.41) is 0. The second-order valence-electron chi connectivity index (χ2n) is 4.64. The van der Waals surface area contributed by atoms with E-state index in [4.69, 9.17) is 9.47 Å². The molecule has 3 atom stereocenters. The van der Waals surface area contributed by atoms with Crippen LogP contribution in [0.25, 0.3) is 0 Å². The average Bonchev–Trinajstić information content (AvgIpc) is 2.55. The van der Waals surface area contributed by atoms with Gasteiger partial charge in [-0.15, -0.1) is 0 Å². The van der Waals surface area contributed by atoms with Crippen LogP contribution >= 0.6 is 0 Å². The number of ether oxygens (including phenoxy) is 2. The van der Waals surface area contributed by atoms with E-state index in [2.05, 4.69) is 0 Å². The van der Waals surface area contributed by atoms with Crippen molar-refractivity contribution >= 4 is 5.97 Å². The number of rotatable bonds is 0. The van der Waals surface area contributed by atoms with Gasteiger partial charge >= 0.3 is 5.97 Å². The number of carbonyl (C=O) groups excluding carboxylic acids is 1. The maximum atomic E-state index is 11.4. The van der Waals surface area contributed by atoms with Gasteiger partial charge in [0.25, 0.3) is 0 Å². The van der Waals surface area contributed by atoms with Gasteiger partial charge in [-0.05, 0) is 19.4 Å². The minimum Gasteiger partial charge on any atom is -0.452 e. The molecule has 1 aromatic rings. The number of fused-ring (bicyclic) bond motifs is 3. The van der Waals surface area contributed by atoms with E-state index < -0.39 is 5.60 Å². The minimum absolute atomic E-state index is 0.0313. The molecule has 0 aromatic heterocycles. The molecule has 3 rings (SSSR count). The number of benzene rings is 1. The lowest BCUT2D eigenvalue weighted by molar-refractivity contribution is -0.157. The first-order valence-electron chi connectivity index (χ1n) is 5.58. The molecular formula is C13H14O3. The summed E-state index contributed by atoms with van der Waals surface area (Å²) >= 11 is 0. The molecule has 2 aliphatic rings. The van der Waals surface area contributed by atoms with Crippen molar-refractivity contribution in [3.63, 3.8) is 0 Å². The highest BCUT2D eigenvalue weighted by atomic mass is 16.6. The zero-order valence-corrected chi connectivity index (χ0v) is 9.40. The second-order valence-corrected chi connectivity index (χ2v) is 4.64. The van der Waals surface area contributed by atoms with Gasteiger partial charge in [-0.2, -0.15) is 0 Å². The van der Waals surface area contributed by atoms with Gasteiger partial charge in [-0.25, -0.2) is 0 Å². The number of carbonyl (C=O) groups is 1. The van der Waals surface area contributed by atoms with Crippen LogP contribution in [0.4, 0.5) is 0 Å². The van der Waals surface area contributed by atoms with Crippen molar-refractivity contribution in [1.29, 1.82) is 0 Å². The number of esters is 1. The van der Waals surface area contributed by atoms with Crippen molar-refractivity contribution in [2.45, 2.75) is 38.1 Å². The lowest BCUT2D eigenvalue weighted by Gasteiger charge is -2.38. The third-order valence-electron chi connectivity index (χ3n) is 3.59. The van der Waals surface area contributed by atoms with E-state index >= 15 is 0 Å². The molecule has 0 unspecified atom stereocenters. The maximum absolute atomic E-state index is 11.4. The first kappa shape index (κ1) is 9.85. The molecule has 84 valence electrons. The van der Waals surface area contributed by atoms with Crippen LogP contribution in [0, 0.1) is 0 Å². The Kier molecular flexibility index (Phi) is 1.89. The van der Waals surface area contributed by atoms with Crippen molar-refractivity contribution in [2.75, 3.05) is 0 Å². The standard InChI is InChI=1S/C13H14O3/c1-8-9-5-3-4-6-10(9)13(2)11(15-8)7-12(14)16-13/h3-6,8,11H,7H2,1-2H3/t8-,11-,13-/m0/s1. The van der Waals surface area contributed by atoms with E-state index in [1.807, 2.05) is 38.1 Å². The van der Waals surface area contributed by atoms with Gasteiger partial charge in [-0.1, -0.05) is 24.3 Å². The quantitative estimate of drug-likeness (QED) is 0.627. The topological polar surface area (TPSA) is 35.5 Å². The molecule has 16 heavy (non-hydrogen) atoms.